The average Bonchev–Trinajstić information content (AvgIpc) is 3.01. The second-order valence-corrected chi connectivity index (χ2v) is 5.55. The molecule has 1 aliphatic heterocycles. The molecule has 0 saturated carbocycles. The summed E-state index contributed by atoms with van der Waals surface area (Å²) in [5.74, 6) is -0.536. The Labute approximate surface area is 137 Å². The lowest BCUT2D eigenvalue weighted by Gasteiger charge is -2.26. The quantitative estimate of drug-likeness (QED) is 0.826. The maximum absolute atomic E-state index is 12.5. The van der Waals surface area contributed by atoms with Crippen LogP contribution in [0.2, 0.25) is 5.02 Å². The number of hydrogen-bond acceptors (Lipinski definition) is 4. The number of methoxy groups -OCH3 is 1. The van der Waals surface area contributed by atoms with Gasteiger partial charge in [-0.1, -0.05) is 11.6 Å². The zero-order valence-corrected chi connectivity index (χ0v) is 13.2. The fourth-order valence-electron chi connectivity index (χ4n) is 2.49. The van der Waals surface area contributed by atoms with Crippen molar-refractivity contribution in [1.82, 2.24) is 14.9 Å². The van der Waals surface area contributed by atoms with E-state index in [0.717, 1.165) is 11.4 Å². The molecular weight excluding hydrogens is 320 g/mol. The predicted molar refractivity (Wildman–Crippen MR) is 84.5 cm³/mol. The van der Waals surface area contributed by atoms with Crippen molar-refractivity contribution in [2.75, 3.05) is 19.0 Å². The standard InChI is InChI=1S/C15H15ClN4O3/c1-23-14(21)10-3-2-9(16)6-12(10)19-15(22)20-5-4-11-13(7-20)18-8-17-11/h2-3,6,8H,4-5,7H2,1H3,(H,17,18)(H,19,22). The van der Waals surface area contributed by atoms with Crippen molar-refractivity contribution < 1.29 is 14.3 Å². The molecule has 3 rings (SSSR count). The maximum atomic E-state index is 12.5. The summed E-state index contributed by atoms with van der Waals surface area (Å²) in [6.07, 6.45) is 2.31. The lowest BCUT2D eigenvalue weighted by atomic mass is 10.1. The molecule has 2 heterocycles. The highest BCUT2D eigenvalue weighted by Gasteiger charge is 2.23. The maximum Gasteiger partial charge on any atom is 0.339 e. The summed E-state index contributed by atoms with van der Waals surface area (Å²) in [6.45, 7) is 0.993. The number of urea groups is 1. The topological polar surface area (TPSA) is 87.3 Å². The van der Waals surface area contributed by atoms with E-state index in [0.29, 0.717) is 30.2 Å². The molecule has 0 saturated heterocycles. The van der Waals surface area contributed by atoms with E-state index in [-0.39, 0.29) is 11.6 Å². The highest BCUT2D eigenvalue weighted by Crippen LogP contribution is 2.23. The molecule has 0 radical (unpaired) electrons. The minimum Gasteiger partial charge on any atom is -0.465 e. The Bertz CT molecular complexity index is 759. The smallest absolute Gasteiger partial charge is 0.339 e. The Morgan fingerprint density at radius 3 is 3.04 bits per heavy atom. The van der Waals surface area contributed by atoms with Crippen LogP contribution in [0.4, 0.5) is 10.5 Å². The van der Waals surface area contributed by atoms with Crippen LogP contribution < -0.4 is 5.32 Å². The van der Waals surface area contributed by atoms with Gasteiger partial charge in [-0.05, 0) is 18.2 Å². The first-order valence-electron chi connectivity index (χ1n) is 7.03. The number of anilines is 1. The van der Waals surface area contributed by atoms with E-state index >= 15 is 0 Å². The van der Waals surface area contributed by atoms with Crippen LogP contribution in [0, 0.1) is 0 Å². The van der Waals surface area contributed by atoms with Gasteiger partial charge in [0.1, 0.15) is 0 Å². The second-order valence-electron chi connectivity index (χ2n) is 5.11. The molecule has 0 spiro atoms. The monoisotopic (exact) mass is 334 g/mol. The zero-order valence-electron chi connectivity index (χ0n) is 12.4. The number of benzene rings is 1. The molecule has 1 aromatic heterocycles. The molecule has 0 unspecified atom stereocenters. The van der Waals surface area contributed by atoms with Gasteiger partial charge in [-0.3, -0.25) is 0 Å². The third-order valence-electron chi connectivity index (χ3n) is 3.69. The Hall–Kier alpha value is -2.54. The molecule has 0 aliphatic carbocycles. The number of rotatable bonds is 2. The molecule has 0 bridgehead atoms. The summed E-state index contributed by atoms with van der Waals surface area (Å²) in [5, 5.41) is 3.15. The number of carbonyl (C=O) groups is 2. The number of nitrogens with one attached hydrogen (secondary N) is 2. The van der Waals surface area contributed by atoms with Gasteiger partial charge < -0.3 is 19.9 Å². The SMILES string of the molecule is COC(=O)c1ccc(Cl)cc1NC(=O)N1CCc2nc[nH]c2C1. The van der Waals surface area contributed by atoms with Crippen molar-refractivity contribution >= 4 is 29.3 Å². The number of amides is 2. The molecule has 0 atom stereocenters. The lowest BCUT2D eigenvalue weighted by molar-refractivity contribution is 0.0602. The number of fused-ring (bicyclic) bond motifs is 1. The summed E-state index contributed by atoms with van der Waals surface area (Å²) >= 11 is 5.96. The first-order chi connectivity index (χ1) is 11.1. The van der Waals surface area contributed by atoms with Crippen LogP contribution in [-0.2, 0) is 17.7 Å². The van der Waals surface area contributed by atoms with Gasteiger partial charge >= 0.3 is 12.0 Å². The van der Waals surface area contributed by atoms with Gasteiger partial charge in [0.25, 0.3) is 0 Å². The molecule has 2 N–H and O–H groups in total. The van der Waals surface area contributed by atoms with Crippen LogP contribution in [0.25, 0.3) is 0 Å². The number of aromatic nitrogens is 2. The number of halogens is 1. The predicted octanol–water partition coefficient (Wildman–Crippen LogP) is 2.44. The number of aromatic amines is 1. The molecule has 0 fully saturated rings. The fraction of sp³-hybridized carbons (Fsp3) is 0.267. The Balaban J connectivity index is 1.78. The van der Waals surface area contributed by atoms with Crippen molar-refractivity contribution in [3.8, 4) is 0 Å². The summed E-state index contributed by atoms with van der Waals surface area (Å²) in [4.78, 5) is 33.1. The molecule has 2 amide bonds. The number of esters is 1. The summed E-state index contributed by atoms with van der Waals surface area (Å²) in [5.41, 5.74) is 2.48. The van der Waals surface area contributed by atoms with E-state index in [4.69, 9.17) is 16.3 Å². The lowest BCUT2D eigenvalue weighted by Crippen LogP contribution is -2.39. The first kappa shape index (κ1) is 15.4. The van der Waals surface area contributed by atoms with Gasteiger partial charge in [-0.2, -0.15) is 0 Å². The van der Waals surface area contributed by atoms with Gasteiger partial charge in [0.15, 0.2) is 0 Å². The Morgan fingerprint density at radius 1 is 1.43 bits per heavy atom. The minimum atomic E-state index is -0.536. The van der Waals surface area contributed by atoms with Crippen LogP contribution >= 0.6 is 11.6 Å². The van der Waals surface area contributed by atoms with Crippen LogP contribution in [-0.4, -0.2) is 40.5 Å². The number of hydrogen-bond donors (Lipinski definition) is 2. The summed E-state index contributed by atoms with van der Waals surface area (Å²) in [7, 11) is 1.28. The van der Waals surface area contributed by atoms with Crippen LogP contribution in [0.5, 0.6) is 0 Å². The zero-order chi connectivity index (χ0) is 16.4. The van der Waals surface area contributed by atoms with Crippen molar-refractivity contribution in [3.05, 3.63) is 46.5 Å². The first-order valence-corrected chi connectivity index (χ1v) is 7.41. The second kappa shape index (κ2) is 6.29. The number of ether oxygens (including phenoxy) is 1. The van der Waals surface area contributed by atoms with Crippen LogP contribution in [0.3, 0.4) is 0 Å². The number of nitrogens with zero attached hydrogens (tertiary/aromatic N) is 2. The number of H-pyrrole nitrogens is 1. The third kappa shape index (κ3) is 3.14. The van der Waals surface area contributed by atoms with E-state index < -0.39 is 5.97 Å². The van der Waals surface area contributed by atoms with Crippen molar-refractivity contribution in [2.24, 2.45) is 0 Å². The molecule has 120 valence electrons. The molecule has 1 aromatic carbocycles. The average molecular weight is 335 g/mol. The number of carbonyl (C=O) groups excluding carboxylic acids is 2. The normalized spacial score (nSPS) is 13.4. The van der Waals surface area contributed by atoms with E-state index in [9.17, 15) is 9.59 Å². The fourth-order valence-corrected chi connectivity index (χ4v) is 2.66. The Morgan fingerprint density at radius 2 is 2.26 bits per heavy atom. The molecular formula is C15H15ClN4O3. The molecule has 23 heavy (non-hydrogen) atoms. The molecule has 1 aliphatic rings. The highest BCUT2D eigenvalue weighted by molar-refractivity contribution is 6.31. The van der Waals surface area contributed by atoms with Gasteiger partial charge in [-0.25, -0.2) is 14.6 Å². The molecule has 7 nitrogen and oxygen atoms in total. The van der Waals surface area contributed by atoms with Crippen molar-refractivity contribution in [3.63, 3.8) is 0 Å². The van der Waals surface area contributed by atoms with Gasteiger partial charge in [0.05, 0.1) is 42.6 Å². The van der Waals surface area contributed by atoms with Gasteiger partial charge in [0.2, 0.25) is 0 Å². The van der Waals surface area contributed by atoms with Gasteiger partial charge in [-0.15, -0.1) is 0 Å². The van der Waals surface area contributed by atoms with E-state index in [2.05, 4.69) is 15.3 Å². The summed E-state index contributed by atoms with van der Waals surface area (Å²) in [6, 6.07) is 4.31. The van der Waals surface area contributed by atoms with E-state index in [1.54, 1.807) is 17.3 Å². The molecule has 2 aromatic rings. The minimum absolute atomic E-state index is 0.254. The van der Waals surface area contributed by atoms with Crippen LogP contribution in [0.15, 0.2) is 24.5 Å². The molecule has 8 heteroatoms. The van der Waals surface area contributed by atoms with Crippen molar-refractivity contribution in [1.29, 1.82) is 0 Å². The Kier molecular flexibility index (Phi) is 4.20. The van der Waals surface area contributed by atoms with Crippen LogP contribution in [0.1, 0.15) is 21.7 Å². The van der Waals surface area contributed by atoms with Crippen molar-refractivity contribution in [2.45, 2.75) is 13.0 Å². The highest BCUT2D eigenvalue weighted by atomic mass is 35.5. The summed E-state index contributed by atoms with van der Waals surface area (Å²) < 4.78 is 4.72. The van der Waals surface area contributed by atoms with E-state index in [1.165, 1.54) is 19.2 Å². The van der Waals surface area contributed by atoms with E-state index in [1.807, 2.05) is 0 Å². The van der Waals surface area contributed by atoms with Gasteiger partial charge in [0, 0.05) is 18.0 Å². The largest absolute Gasteiger partial charge is 0.465 e. The number of imidazole rings is 1. The third-order valence-corrected chi connectivity index (χ3v) is 3.93.